The van der Waals surface area contributed by atoms with Crippen LogP contribution in [0.5, 0.6) is 5.75 Å². The summed E-state index contributed by atoms with van der Waals surface area (Å²) in [6, 6.07) is 16.3. The molecule has 3 rings (SSSR count). The van der Waals surface area contributed by atoms with E-state index in [4.69, 9.17) is 9.47 Å². The number of aryl methyl sites for hydroxylation is 1. The summed E-state index contributed by atoms with van der Waals surface area (Å²) in [6.45, 7) is 4.85. The van der Waals surface area contributed by atoms with Crippen molar-refractivity contribution in [3.8, 4) is 5.75 Å². The van der Waals surface area contributed by atoms with Gasteiger partial charge in [0.2, 0.25) is 5.78 Å². The van der Waals surface area contributed by atoms with Gasteiger partial charge in [-0.3, -0.25) is 9.59 Å². The molecule has 0 unspecified atom stereocenters. The highest BCUT2D eigenvalue weighted by Gasteiger charge is 2.21. The second kappa shape index (κ2) is 9.22. The first-order valence-electron chi connectivity index (χ1n) is 9.54. The van der Waals surface area contributed by atoms with Crippen molar-refractivity contribution in [2.24, 2.45) is 0 Å². The number of benzene rings is 2. The van der Waals surface area contributed by atoms with Crippen LogP contribution in [0.1, 0.15) is 54.9 Å². The lowest BCUT2D eigenvalue weighted by Crippen LogP contribution is -2.15. The molecule has 0 bridgehead atoms. The highest BCUT2D eigenvalue weighted by atomic mass is 16.5. The molecule has 1 aromatic heterocycles. The first kappa shape index (κ1) is 21.0. The van der Waals surface area contributed by atoms with Crippen LogP contribution >= 0.6 is 0 Å². The fourth-order valence-corrected chi connectivity index (χ4v) is 3.26. The quantitative estimate of drug-likeness (QED) is 0.442. The van der Waals surface area contributed by atoms with E-state index in [-0.39, 0.29) is 11.6 Å². The molecule has 1 heterocycles. The van der Waals surface area contributed by atoms with Gasteiger partial charge in [-0.25, -0.2) is 4.79 Å². The second-order valence-electron chi connectivity index (χ2n) is 6.98. The fraction of sp³-hybridized carbons (Fsp3) is 0.208. The van der Waals surface area contributed by atoms with Gasteiger partial charge in [-0.05, 0) is 56.2 Å². The van der Waals surface area contributed by atoms with Gasteiger partial charge in [-0.1, -0.05) is 30.3 Å². The molecule has 0 aliphatic rings. The van der Waals surface area contributed by atoms with Crippen LogP contribution in [-0.2, 0) is 11.3 Å². The van der Waals surface area contributed by atoms with Crippen molar-refractivity contribution in [1.82, 2.24) is 4.98 Å². The Kier molecular flexibility index (Phi) is 6.47. The van der Waals surface area contributed by atoms with Gasteiger partial charge in [0.05, 0.1) is 11.3 Å². The Morgan fingerprint density at radius 1 is 0.933 bits per heavy atom. The predicted molar refractivity (Wildman–Crippen MR) is 112 cm³/mol. The van der Waals surface area contributed by atoms with Crippen LogP contribution in [0.15, 0.2) is 54.6 Å². The standard InChI is InChI=1S/C24H23NO5/c1-15-22(17(3)26)16(2)25-23(15)21(27)14-30-24(28)19-11-9-18(10-12-19)13-29-20-7-5-4-6-8-20/h4-12,25H,13-14H2,1-3H3. The van der Waals surface area contributed by atoms with Gasteiger partial charge in [-0.2, -0.15) is 0 Å². The average Bonchev–Trinajstić information content (AvgIpc) is 3.05. The summed E-state index contributed by atoms with van der Waals surface area (Å²) in [4.78, 5) is 39.3. The minimum Gasteiger partial charge on any atom is -0.489 e. The molecule has 3 aromatic rings. The van der Waals surface area contributed by atoms with Crippen molar-refractivity contribution in [2.75, 3.05) is 6.61 Å². The monoisotopic (exact) mass is 405 g/mol. The molecular weight excluding hydrogens is 382 g/mol. The number of nitrogens with one attached hydrogen (secondary N) is 1. The van der Waals surface area contributed by atoms with E-state index in [0.717, 1.165) is 11.3 Å². The van der Waals surface area contributed by atoms with Crippen LogP contribution in [-0.4, -0.2) is 29.1 Å². The molecule has 0 saturated carbocycles. The number of aromatic nitrogens is 1. The number of Topliss-reactive ketones (excluding diaryl/α,β-unsaturated/α-hetero) is 2. The zero-order valence-corrected chi connectivity index (χ0v) is 17.2. The van der Waals surface area contributed by atoms with E-state index >= 15 is 0 Å². The zero-order chi connectivity index (χ0) is 21.7. The lowest BCUT2D eigenvalue weighted by Gasteiger charge is -2.07. The van der Waals surface area contributed by atoms with Crippen LogP contribution in [0.3, 0.4) is 0 Å². The molecule has 0 aliphatic carbocycles. The Labute approximate surface area is 174 Å². The summed E-state index contributed by atoms with van der Waals surface area (Å²) >= 11 is 0. The molecule has 2 aromatic carbocycles. The molecule has 0 spiro atoms. The number of hydrogen-bond acceptors (Lipinski definition) is 5. The number of carbonyl (C=O) groups is 3. The molecule has 0 fully saturated rings. The van der Waals surface area contributed by atoms with E-state index in [2.05, 4.69) is 4.98 Å². The van der Waals surface area contributed by atoms with Gasteiger partial charge in [0.1, 0.15) is 12.4 Å². The summed E-state index contributed by atoms with van der Waals surface area (Å²) in [5, 5.41) is 0. The lowest BCUT2D eigenvalue weighted by atomic mass is 10.1. The predicted octanol–water partition coefficient (Wildman–Crippen LogP) is 4.45. The number of H-pyrrole nitrogens is 1. The maximum atomic E-state index is 12.4. The van der Waals surface area contributed by atoms with Gasteiger partial charge in [0, 0.05) is 11.3 Å². The topological polar surface area (TPSA) is 85.5 Å². The van der Waals surface area contributed by atoms with Crippen molar-refractivity contribution in [2.45, 2.75) is 27.4 Å². The third kappa shape index (κ3) is 4.84. The molecule has 1 N–H and O–H groups in total. The van der Waals surface area contributed by atoms with Crippen molar-refractivity contribution in [3.05, 3.63) is 88.2 Å². The maximum Gasteiger partial charge on any atom is 0.338 e. The van der Waals surface area contributed by atoms with E-state index in [1.807, 2.05) is 30.3 Å². The van der Waals surface area contributed by atoms with Gasteiger partial charge < -0.3 is 14.5 Å². The number of ketones is 2. The first-order chi connectivity index (χ1) is 14.4. The third-order valence-electron chi connectivity index (χ3n) is 4.74. The average molecular weight is 405 g/mol. The fourth-order valence-electron chi connectivity index (χ4n) is 3.26. The minimum absolute atomic E-state index is 0.117. The smallest absolute Gasteiger partial charge is 0.338 e. The molecule has 30 heavy (non-hydrogen) atoms. The summed E-state index contributed by atoms with van der Waals surface area (Å²) in [7, 11) is 0. The summed E-state index contributed by atoms with van der Waals surface area (Å²) < 4.78 is 10.8. The van der Waals surface area contributed by atoms with Crippen molar-refractivity contribution in [3.63, 3.8) is 0 Å². The number of ether oxygens (including phenoxy) is 2. The molecule has 6 heteroatoms. The number of hydrogen-bond donors (Lipinski definition) is 1. The van der Waals surface area contributed by atoms with Crippen LogP contribution in [0.25, 0.3) is 0 Å². The summed E-state index contributed by atoms with van der Waals surface area (Å²) in [5.41, 5.74) is 3.24. The summed E-state index contributed by atoms with van der Waals surface area (Å²) in [6.07, 6.45) is 0. The normalized spacial score (nSPS) is 10.5. The van der Waals surface area contributed by atoms with Gasteiger partial charge in [0.25, 0.3) is 0 Å². The number of aromatic amines is 1. The van der Waals surface area contributed by atoms with Crippen LogP contribution in [0, 0.1) is 13.8 Å². The van der Waals surface area contributed by atoms with E-state index in [1.54, 1.807) is 38.1 Å². The molecule has 0 atom stereocenters. The van der Waals surface area contributed by atoms with E-state index in [0.29, 0.717) is 34.7 Å². The summed E-state index contributed by atoms with van der Waals surface area (Å²) in [5.74, 6) is -0.327. The largest absolute Gasteiger partial charge is 0.489 e. The van der Waals surface area contributed by atoms with Crippen molar-refractivity contribution < 1.29 is 23.9 Å². The number of esters is 1. The van der Waals surface area contributed by atoms with Gasteiger partial charge >= 0.3 is 5.97 Å². The molecule has 0 aliphatic heterocycles. The number of para-hydroxylation sites is 1. The van der Waals surface area contributed by atoms with E-state index < -0.39 is 12.6 Å². The third-order valence-corrected chi connectivity index (χ3v) is 4.74. The molecule has 0 saturated heterocycles. The van der Waals surface area contributed by atoms with Crippen molar-refractivity contribution >= 4 is 17.5 Å². The number of rotatable bonds is 8. The SMILES string of the molecule is CC(=O)c1c(C)[nH]c(C(=O)COC(=O)c2ccc(COc3ccccc3)cc2)c1C. The Hall–Kier alpha value is -3.67. The van der Waals surface area contributed by atoms with Crippen LogP contribution in [0.2, 0.25) is 0 Å². The van der Waals surface area contributed by atoms with Gasteiger partial charge in [-0.15, -0.1) is 0 Å². The Bertz CT molecular complexity index is 1060. The lowest BCUT2D eigenvalue weighted by molar-refractivity contribution is 0.0473. The number of carbonyl (C=O) groups excluding carboxylic acids is 3. The van der Waals surface area contributed by atoms with Crippen LogP contribution in [0.4, 0.5) is 0 Å². The molecular formula is C24H23NO5. The Morgan fingerprint density at radius 3 is 2.20 bits per heavy atom. The first-order valence-corrected chi connectivity index (χ1v) is 9.54. The highest BCUT2D eigenvalue weighted by Crippen LogP contribution is 2.19. The Morgan fingerprint density at radius 2 is 1.60 bits per heavy atom. The maximum absolute atomic E-state index is 12.4. The van der Waals surface area contributed by atoms with Crippen molar-refractivity contribution in [1.29, 1.82) is 0 Å². The van der Waals surface area contributed by atoms with E-state index in [1.165, 1.54) is 6.92 Å². The molecule has 0 radical (unpaired) electrons. The van der Waals surface area contributed by atoms with E-state index in [9.17, 15) is 14.4 Å². The second-order valence-corrected chi connectivity index (χ2v) is 6.98. The highest BCUT2D eigenvalue weighted by molar-refractivity contribution is 6.04. The Balaban J connectivity index is 1.56. The minimum atomic E-state index is -0.591. The molecule has 154 valence electrons. The molecule has 6 nitrogen and oxygen atoms in total. The zero-order valence-electron chi connectivity index (χ0n) is 17.2. The van der Waals surface area contributed by atoms with Gasteiger partial charge in [0.15, 0.2) is 12.4 Å². The molecule has 0 amide bonds. The van der Waals surface area contributed by atoms with Crippen LogP contribution < -0.4 is 4.74 Å².